The third-order valence-corrected chi connectivity index (χ3v) is 9.03. The molecule has 0 aliphatic carbocycles. The first-order valence-corrected chi connectivity index (χ1v) is 14.9. The molecular weight excluding hydrogens is 615 g/mol. The molecule has 0 radical (unpaired) electrons. The summed E-state index contributed by atoms with van der Waals surface area (Å²) >= 11 is 0. The minimum absolute atomic E-state index is 0. The predicted octanol–water partition coefficient (Wildman–Crippen LogP) is 0.259. The van der Waals surface area contributed by atoms with E-state index < -0.39 is 60.2 Å². The topological polar surface area (TPSA) is 362 Å². The summed E-state index contributed by atoms with van der Waals surface area (Å²) in [6, 6.07) is 10.2. The Hall–Kier alpha value is -2.25. The number of ether oxygens (including phenoxy) is 1. The fraction of sp³-hybridized carbons (Fsp3) is 0.263. The largest absolute Gasteiger partial charge is 0.756 e. The van der Waals surface area contributed by atoms with Crippen molar-refractivity contribution in [3.05, 3.63) is 65.3 Å². The van der Waals surface area contributed by atoms with Crippen LogP contribution in [0.2, 0.25) is 0 Å². The van der Waals surface area contributed by atoms with Gasteiger partial charge in [0.1, 0.15) is 18.3 Å². The highest BCUT2D eigenvalue weighted by molar-refractivity contribution is 7.65. The molecule has 3 unspecified atom stereocenters. The van der Waals surface area contributed by atoms with E-state index in [1.807, 2.05) is 0 Å². The van der Waals surface area contributed by atoms with Gasteiger partial charge in [-0.3, -0.25) is 28.0 Å². The van der Waals surface area contributed by atoms with Crippen molar-refractivity contribution in [2.75, 3.05) is 6.61 Å². The first-order valence-electron chi connectivity index (χ1n) is 10.5. The van der Waals surface area contributed by atoms with Crippen LogP contribution in [0.3, 0.4) is 0 Å². The van der Waals surface area contributed by atoms with Gasteiger partial charge in [0.05, 0.1) is 6.61 Å². The van der Waals surface area contributed by atoms with Crippen LogP contribution in [0.5, 0.6) is 0 Å². The van der Waals surface area contributed by atoms with E-state index in [4.69, 9.17) is 9.63 Å². The summed E-state index contributed by atoms with van der Waals surface area (Å²) in [7, 11) is -17.9. The summed E-state index contributed by atoms with van der Waals surface area (Å²) in [4.78, 5) is 59.3. The lowest BCUT2D eigenvalue weighted by atomic mass is 10.0. The molecule has 15 N–H and O–H groups in total. The van der Waals surface area contributed by atoms with Gasteiger partial charge in [-0.1, -0.05) is 18.2 Å². The third kappa shape index (κ3) is 8.87. The Morgan fingerprint density at radius 2 is 1.63 bits per heavy atom. The van der Waals surface area contributed by atoms with Gasteiger partial charge in [0.25, 0.3) is 29.0 Å². The average Bonchev–Trinajstić information content (AvgIpc) is 3.10. The van der Waals surface area contributed by atoms with Crippen molar-refractivity contribution in [2.45, 2.75) is 24.5 Å². The number of hydrogen-bond acceptors (Lipinski definition) is 14. The standard InChI is InChI=1S/C19H21N2O14P3.3H3N/c22-16-15(10-32-37(28,29)35-38(30,31)34-36(25,26)27)33-19(17(16)23)21-7-5-11-3-4-12(8-14(11)18(21)24)13-2-1-6-20-9-13;;;/h1-9,15-17,19,22-23H,10H2,(H,28,29)(H,30,31)(H2,25,26,27);3*1H3/t15-,16-,17-,19-;;;/m1.../s1. The lowest BCUT2D eigenvalue weighted by Crippen LogP contribution is -2.35. The van der Waals surface area contributed by atoms with Crippen molar-refractivity contribution in [1.29, 1.82) is 0 Å². The number of rotatable bonds is 9. The van der Waals surface area contributed by atoms with Gasteiger partial charge in [0.15, 0.2) is 6.23 Å². The van der Waals surface area contributed by atoms with Crippen molar-refractivity contribution >= 4 is 34.2 Å². The van der Waals surface area contributed by atoms with Gasteiger partial charge in [-0.05, 0) is 29.1 Å². The summed E-state index contributed by atoms with van der Waals surface area (Å²) in [5, 5.41) is 21.6. The van der Waals surface area contributed by atoms with E-state index in [1.54, 1.807) is 48.8 Å². The van der Waals surface area contributed by atoms with Gasteiger partial charge in [-0.2, -0.15) is 0 Å². The van der Waals surface area contributed by atoms with Crippen LogP contribution >= 0.6 is 23.5 Å². The van der Waals surface area contributed by atoms with Crippen molar-refractivity contribution in [1.82, 2.24) is 28.0 Å². The second-order valence-electron chi connectivity index (χ2n) is 7.94. The Bertz CT molecular complexity index is 1540. The van der Waals surface area contributed by atoms with Crippen LogP contribution in [0.15, 0.2) is 59.8 Å². The smallest absolute Gasteiger partial charge is 0.280 e. The minimum Gasteiger partial charge on any atom is -0.756 e. The molecule has 3 aromatic rings. The van der Waals surface area contributed by atoms with Crippen LogP contribution in [0.1, 0.15) is 6.23 Å². The molecule has 7 atom stereocenters. The number of phosphoric acid groups is 3. The van der Waals surface area contributed by atoms with Gasteiger partial charge in [-0.15, -0.1) is 0 Å². The molecule has 1 fully saturated rings. The number of hydrogen-bond donors (Lipinski definition) is 6. The van der Waals surface area contributed by atoms with Crippen LogP contribution in [-0.4, -0.2) is 49.6 Å². The summed E-state index contributed by atoms with van der Waals surface area (Å²) < 4.78 is 51.0. The van der Waals surface area contributed by atoms with Gasteiger partial charge < -0.3 is 57.5 Å². The highest BCUT2D eigenvalue weighted by Crippen LogP contribution is 2.61. The molecule has 1 saturated heterocycles. The van der Waals surface area contributed by atoms with Crippen LogP contribution in [0.4, 0.5) is 0 Å². The molecule has 0 spiro atoms. The lowest BCUT2D eigenvalue weighted by molar-refractivity contribution is -0.250. The van der Waals surface area contributed by atoms with E-state index in [9.17, 15) is 43.4 Å². The molecule has 0 saturated carbocycles. The number of aromatic nitrogens is 2. The molecule has 41 heavy (non-hydrogen) atoms. The minimum atomic E-state index is -6.12. The molecule has 230 valence electrons. The fourth-order valence-corrected chi connectivity index (χ4v) is 6.61. The SMILES string of the molecule is O=c1c2cc(-c3cccnc3)ccc2ccn1[C@@H]1O[C@H](COP(=O)([O-])OP(=O)([O-])OP(=O)([O-])O)[C@@H](O)[C@H]1O.[NH4+].[NH4+].[NH4+]. The highest BCUT2D eigenvalue weighted by atomic mass is 31.3. The van der Waals surface area contributed by atoms with E-state index >= 15 is 0 Å². The molecular formula is C19H30N5O14P3. The Morgan fingerprint density at radius 1 is 0.951 bits per heavy atom. The number of aliphatic hydroxyl groups is 2. The fourth-order valence-electron chi connectivity index (χ4n) is 3.72. The number of aliphatic hydroxyl groups excluding tert-OH is 2. The molecule has 1 aliphatic heterocycles. The third-order valence-electron chi connectivity index (χ3n) is 5.34. The second-order valence-corrected chi connectivity index (χ2v) is 12.2. The maximum atomic E-state index is 13.2. The highest BCUT2D eigenvalue weighted by Gasteiger charge is 2.44. The van der Waals surface area contributed by atoms with E-state index in [0.717, 1.165) is 10.1 Å². The van der Waals surface area contributed by atoms with Crippen LogP contribution in [0.25, 0.3) is 21.9 Å². The van der Waals surface area contributed by atoms with E-state index in [0.29, 0.717) is 10.9 Å². The summed E-state index contributed by atoms with van der Waals surface area (Å²) in [6.07, 6.45) is -2.18. The molecule has 2 aromatic heterocycles. The monoisotopic (exact) mass is 645 g/mol. The van der Waals surface area contributed by atoms with Crippen LogP contribution < -0.4 is 38.7 Å². The quantitative estimate of drug-likeness (QED) is 0.170. The van der Waals surface area contributed by atoms with Crippen molar-refractivity contribution < 1.29 is 61.4 Å². The van der Waals surface area contributed by atoms with E-state index in [2.05, 4.69) is 18.1 Å². The summed E-state index contributed by atoms with van der Waals surface area (Å²) in [5.74, 6) is 0. The molecule has 0 amide bonds. The number of benzene rings is 1. The summed E-state index contributed by atoms with van der Waals surface area (Å²) in [5.41, 5.74) is 0.808. The second kappa shape index (κ2) is 13.8. The van der Waals surface area contributed by atoms with Gasteiger partial charge >= 0.3 is 0 Å². The zero-order valence-corrected chi connectivity index (χ0v) is 24.5. The van der Waals surface area contributed by atoms with Crippen molar-refractivity contribution in [3.8, 4) is 11.1 Å². The maximum Gasteiger partial charge on any atom is 0.280 e. The molecule has 19 nitrogen and oxygen atoms in total. The maximum absolute atomic E-state index is 13.2. The van der Waals surface area contributed by atoms with E-state index in [1.165, 1.54) is 6.20 Å². The van der Waals surface area contributed by atoms with Crippen molar-refractivity contribution in [2.24, 2.45) is 0 Å². The predicted molar refractivity (Wildman–Crippen MR) is 138 cm³/mol. The molecule has 1 aromatic carbocycles. The first kappa shape index (κ1) is 36.8. The Kier molecular flexibility index (Phi) is 12.4. The summed E-state index contributed by atoms with van der Waals surface area (Å²) in [6.45, 7) is -1.11. The zero-order chi connectivity index (χ0) is 27.9. The van der Waals surface area contributed by atoms with Crippen LogP contribution in [0, 0.1) is 0 Å². The molecule has 1 aliphatic rings. The number of fused-ring (bicyclic) bond motifs is 1. The first-order chi connectivity index (χ1) is 17.7. The normalized spacial score (nSPS) is 24.5. The van der Waals surface area contributed by atoms with E-state index in [-0.39, 0.29) is 23.8 Å². The molecule has 0 bridgehead atoms. The molecule has 3 heterocycles. The zero-order valence-electron chi connectivity index (χ0n) is 21.8. The van der Waals surface area contributed by atoms with Crippen molar-refractivity contribution in [3.63, 3.8) is 0 Å². The Labute approximate surface area is 231 Å². The molecule has 4 rings (SSSR count). The number of phosphoric ester groups is 1. The van der Waals surface area contributed by atoms with Gasteiger partial charge in [-0.25, -0.2) is 8.62 Å². The lowest BCUT2D eigenvalue weighted by Gasteiger charge is -2.33. The number of nitrogens with zero attached hydrogens (tertiary/aromatic N) is 2. The number of pyridine rings is 2. The molecule has 22 heteroatoms. The van der Waals surface area contributed by atoms with Crippen LogP contribution in [-0.2, 0) is 31.6 Å². The van der Waals surface area contributed by atoms with Gasteiger partial charge in [0, 0.05) is 29.5 Å². The number of quaternary nitrogens is 3. The average molecular weight is 645 g/mol. The van der Waals surface area contributed by atoms with Gasteiger partial charge in [0.2, 0.25) is 0 Å². The Balaban J connectivity index is 0.00000280. The Morgan fingerprint density at radius 3 is 2.24 bits per heavy atom.